The van der Waals surface area contributed by atoms with Gasteiger partial charge in [0.1, 0.15) is 23.9 Å². The van der Waals surface area contributed by atoms with Crippen LogP contribution in [0, 0.1) is 5.82 Å². The Balaban J connectivity index is 2.03. The van der Waals surface area contributed by atoms with Gasteiger partial charge in [0.05, 0.1) is 6.20 Å². The monoisotopic (exact) mass is 261 g/mol. The molecule has 6 heteroatoms. The second-order valence-electron chi connectivity index (χ2n) is 3.74. The van der Waals surface area contributed by atoms with Gasteiger partial charge in [-0.3, -0.25) is 0 Å². The number of amidine groups is 1. The number of halogens is 1. The second kappa shape index (κ2) is 5.81. The average molecular weight is 261 g/mol. The van der Waals surface area contributed by atoms with Gasteiger partial charge in [0.2, 0.25) is 0 Å². The topological polar surface area (TPSA) is 80.7 Å². The van der Waals surface area contributed by atoms with E-state index in [4.69, 9.17) is 15.7 Å². The van der Waals surface area contributed by atoms with Gasteiger partial charge in [-0.05, 0) is 18.2 Å². The van der Waals surface area contributed by atoms with Crippen molar-refractivity contribution < 1.29 is 14.3 Å². The summed E-state index contributed by atoms with van der Waals surface area (Å²) in [7, 11) is 0. The predicted molar refractivity (Wildman–Crippen MR) is 67.5 cm³/mol. The van der Waals surface area contributed by atoms with Gasteiger partial charge < -0.3 is 15.7 Å². The molecule has 0 saturated heterocycles. The van der Waals surface area contributed by atoms with Crippen molar-refractivity contribution in [3.63, 3.8) is 0 Å². The minimum absolute atomic E-state index is 0.0827. The van der Waals surface area contributed by atoms with Gasteiger partial charge in [0, 0.05) is 5.56 Å². The van der Waals surface area contributed by atoms with E-state index in [1.165, 1.54) is 12.3 Å². The minimum Gasteiger partial charge on any atom is -0.487 e. The van der Waals surface area contributed by atoms with Crippen LogP contribution in [0.3, 0.4) is 0 Å². The quantitative estimate of drug-likeness (QED) is 0.381. The highest BCUT2D eigenvalue weighted by atomic mass is 19.1. The molecule has 1 aromatic heterocycles. The summed E-state index contributed by atoms with van der Waals surface area (Å²) in [5.74, 6) is 0.0714. The lowest BCUT2D eigenvalue weighted by Gasteiger charge is -2.07. The highest BCUT2D eigenvalue weighted by Gasteiger charge is 2.04. The van der Waals surface area contributed by atoms with Crippen LogP contribution in [0.25, 0.3) is 0 Å². The SMILES string of the molecule is N/C(=N/O)c1ccc(OCc2ccccc2F)cn1. The van der Waals surface area contributed by atoms with Crippen LogP contribution in [-0.2, 0) is 6.61 Å². The Morgan fingerprint density at radius 2 is 2.11 bits per heavy atom. The Morgan fingerprint density at radius 1 is 1.32 bits per heavy atom. The van der Waals surface area contributed by atoms with E-state index in [9.17, 15) is 4.39 Å². The fourth-order valence-electron chi connectivity index (χ4n) is 1.44. The largest absolute Gasteiger partial charge is 0.487 e. The van der Waals surface area contributed by atoms with Crippen LogP contribution in [0.5, 0.6) is 5.75 Å². The van der Waals surface area contributed by atoms with Gasteiger partial charge in [-0.25, -0.2) is 9.37 Å². The Hall–Kier alpha value is -2.63. The molecule has 3 N–H and O–H groups in total. The lowest BCUT2D eigenvalue weighted by atomic mass is 10.2. The number of hydrogen-bond acceptors (Lipinski definition) is 4. The number of nitrogens with zero attached hydrogens (tertiary/aromatic N) is 2. The van der Waals surface area contributed by atoms with Gasteiger partial charge >= 0.3 is 0 Å². The maximum absolute atomic E-state index is 13.4. The molecule has 98 valence electrons. The molecule has 0 unspecified atom stereocenters. The first-order valence-corrected chi connectivity index (χ1v) is 5.51. The minimum atomic E-state index is -0.316. The summed E-state index contributed by atoms with van der Waals surface area (Å²) in [4.78, 5) is 3.95. The van der Waals surface area contributed by atoms with Crippen LogP contribution in [0.1, 0.15) is 11.3 Å². The van der Waals surface area contributed by atoms with E-state index in [1.54, 1.807) is 30.3 Å². The zero-order chi connectivity index (χ0) is 13.7. The predicted octanol–water partition coefficient (Wildman–Crippen LogP) is 1.89. The lowest BCUT2D eigenvalue weighted by molar-refractivity contribution is 0.298. The third-order valence-electron chi connectivity index (χ3n) is 2.46. The zero-order valence-corrected chi connectivity index (χ0v) is 9.95. The van der Waals surface area contributed by atoms with Crippen molar-refractivity contribution in [3.8, 4) is 5.75 Å². The molecule has 0 atom stereocenters. The third kappa shape index (κ3) is 3.19. The van der Waals surface area contributed by atoms with Crippen molar-refractivity contribution in [2.24, 2.45) is 10.9 Å². The molecule has 0 aliphatic carbocycles. The second-order valence-corrected chi connectivity index (χ2v) is 3.74. The first-order valence-electron chi connectivity index (χ1n) is 5.51. The smallest absolute Gasteiger partial charge is 0.188 e. The Labute approximate surface area is 109 Å². The van der Waals surface area contributed by atoms with Gasteiger partial charge in [0.25, 0.3) is 0 Å². The van der Waals surface area contributed by atoms with Gasteiger partial charge in [-0.15, -0.1) is 0 Å². The van der Waals surface area contributed by atoms with E-state index in [-0.39, 0.29) is 18.3 Å². The van der Waals surface area contributed by atoms with Gasteiger partial charge in [0.15, 0.2) is 5.84 Å². The fourth-order valence-corrected chi connectivity index (χ4v) is 1.44. The van der Waals surface area contributed by atoms with E-state index < -0.39 is 0 Å². The van der Waals surface area contributed by atoms with E-state index >= 15 is 0 Å². The zero-order valence-electron chi connectivity index (χ0n) is 9.95. The first-order chi connectivity index (χ1) is 9.20. The van der Waals surface area contributed by atoms with Crippen LogP contribution in [0.15, 0.2) is 47.8 Å². The highest BCUT2D eigenvalue weighted by Crippen LogP contribution is 2.13. The molecule has 1 aromatic carbocycles. The summed E-state index contributed by atoms with van der Waals surface area (Å²) in [5, 5.41) is 11.3. The summed E-state index contributed by atoms with van der Waals surface area (Å²) in [6.07, 6.45) is 1.42. The normalized spacial score (nSPS) is 11.3. The van der Waals surface area contributed by atoms with E-state index in [0.717, 1.165) is 0 Å². The number of pyridine rings is 1. The molecule has 0 radical (unpaired) electrons. The van der Waals surface area contributed by atoms with Gasteiger partial charge in [-0.2, -0.15) is 0 Å². The summed E-state index contributed by atoms with van der Waals surface area (Å²) < 4.78 is 18.7. The van der Waals surface area contributed by atoms with Crippen molar-refractivity contribution in [2.75, 3.05) is 0 Å². The molecule has 19 heavy (non-hydrogen) atoms. The molecule has 0 fully saturated rings. The van der Waals surface area contributed by atoms with Crippen LogP contribution in [-0.4, -0.2) is 16.0 Å². The molecule has 0 amide bonds. The van der Waals surface area contributed by atoms with E-state index in [2.05, 4.69) is 10.1 Å². The molecular weight excluding hydrogens is 249 g/mol. The Morgan fingerprint density at radius 3 is 2.74 bits per heavy atom. The molecule has 0 aliphatic rings. The number of hydrogen-bond donors (Lipinski definition) is 2. The van der Waals surface area contributed by atoms with Crippen molar-refractivity contribution in [3.05, 3.63) is 59.7 Å². The van der Waals surface area contributed by atoms with Crippen LogP contribution in [0.4, 0.5) is 4.39 Å². The molecule has 0 aliphatic heterocycles. The molecule has 1 heterocycles. The van der Waals surface area contributed by atoms with Crippen LogP contribution in [0.2, 0.25) is 0 Å². The molecule has 0 bridgehead atoms. The number of rotatable bonds is 4. The fraction of sp³-hybridized carbons (Fsp3) is 0.0769. The summed E-state index contributed by atoms with van der Waals surface area (Å²) in [5.41, 5.74) is 6.17. The lowest BCUT2D eigenvalue weighted by Crippen LogP contribution is -2.14. The molecule has 5 nitrogen and oxygen atoms in total. The average Bonchev–Trinajstić information content (AvgIpc) is 2.46. The van der Waals surface area contributed by atoms with Crippen molar-refractivity contribution in [1.29, 1.82) is 0 Å². The van der Waals surface area contributed by atoms with Crippen LogP contribution < -0.4 is 10.5 Å². The maximum Gasteiger partial charge on any atom is 0.188 e. The number of benzene rings is 1. The van der Waals surface area contributed by atoms with Crippen LogP contribution >= 0.6 is 0 Å². The first kappa shape index (κ1) is 12.8. The summed E-state index contributed by atoms with van der Waals surface area (Å²) in [6, 6.07) is 9.53. The summed E-state index contributed by atoms with van der Waals surface area (Å²) >= 11 is 0. The Kier molecular flexibility index (Phi) is 3.92. The number of oxime groups is 1. The molecule has 0 saturated carbocycles. The van der Waals surface area contributed by atoms with Gasteiger partial charge in [-0.1, -0.05) is 23.4 Å². The number of ether oxygens (including phenoxy) is 1. The standard InChI is InChI=1S/C13H12FN3O2/c14-11-4-2-1-3-9(11)8-19-10-5-6-12(16-7-10)13(15)17-18/h1-7,18H,8H2,(H2,15,17). The third-order valence-corrected chi connectivity index (χ3v) is 2.46. The number of nitrogens with two attached hydrogens (primary N) is 1. The Bertz CT molecular complexity index is 585. The highest BCUT2D eigenvalue weighted by molar-refractivity contribution is 5.95. The van der Waals surface area contributed by atoms with Crippen molar-refractivity contribution in [2.45, 2.75) is 6.61 Å². The van der Waals surface area contributed by atoms with Crippen molar-refractivity contribution >= 4 is 5.84 Å². The molecule has 0 spiro atoms. The summed E-state index contributed by atoms with van der Waals surface area (Å²) in [6.45, 7) is 0.108. The van der Waals surface area contributed by atoms with E-state index in [1.807, 2.05) is 0 Å². The van der Waals surface area contributed by atoms with Crippen molar-refractivity contribution in [1.82, 2.24) is 4.98 Å². The van der Waals surface area contributed by atoms with E-state index in [0.29, 0.717) is 17.0 Å². The number of aromatic nitrogens is 1. The molecule has 2 rings (SSSR count). The molecule has 2 aromatic rings. The maximum atomic E-state index is 13.4. The molecular formula is C13H12FN3O2.